The minimum Gasteiger partial charge on any atom is -0.376 e. The number of nitrogens with one attached hydrogen (secondary N) is 1. The highest BCUT2D eigenvalue weighted by atomic mass is 35.5. The van der Waals surface area contributed by atoms with Crippen molar-refractivity contribution in [1.82, 2.24) is 0 Å². The number of aliphatic imine (C=N–C) groups is 1. The standard InChI is InChI=1S/C21H17ClN2/c22-17-10-6-9-16(13-17)21-14-20(15-7-2-1-3-8-15)23-18-11-4-5-12-19(18)24-21/h1-13,21,24H,14H2. The minimum atomic E-state index is 0.131. The highest BCUT2D eigenvalue weighted by molar-refractivity contribution is 6.30. The average molecular weight is 333 g/mol. The van der Waals surface area contributed by atoms with Gasteiger partial charge in [0.1, 0.15) is 0 Å². The number of anilines is 1. The molecule has 1 heterocycles. The summed E-state index contributed by atoms with van der Waals surface area (Å²) in [4.78, 5) is 4.93. The van der Waals surface area contributed by atoms with Gasteiger partial charge in [0.2, 0.25) is 0 Å². The smallest absolute Gasteiger partial charge is 0.0864 e. The molecule has 0 bridgehead atoms. The molecule has 1 aliphatic rings. The van der Waals surface area contributed by atoms with Gasteiger partial charge in [0.05, 0.1) is 23.1 Å². The van der Waals surface area contributed by atoms with Gasteiger partial charge in [0, 0.05) is 11.4 Å². The molecule has 3 aromatic carbocycles. The Bertz CT molecular complexity index is 887. The van der Waals surface area contributed by atoms with Crippen molar-refractivity contribution in [3.05, 3.63) is 95.0 Å². The first-order chi connectivity index (χ1) is 11.8. The summed E-state index contributed by atoms with van der Waals surface area (Å²) in [5.41, 5.74) is 5.43. The zero-order valence-corrected chi connectivity index (χ0v) is 13.9. The first-order valence-corrected chi connectivity index (χ1v) is 8.41. The Balaban J connectivity index is 1.81. The number of hydrogen-bond acceptors (Lipinski definition) is 2. The summed E-state index contributed by atoms with van der Waals surface area (Å²) in [6.45, 7) is 0. The number of benzene rings is 3. The van der Waals surface area contributed by atoms with E-state index in [0.29, 0.717) is 0 Å². The van der Waals surface area contributed by atoms with Crippen LogP contribution in [0.4, 0.5) is 11.4 Å². The number of nitrogens with zero attached hydrogens (tertiary/aromatic N) is 1. The van der Waals surface area contributed by atoms with Gasteiger partial charge >= 0.3 is 0 Å². The third-order valence-corrected chi connectivity index (χ3v) is 4.48. The molecule has 1 unspecified atom stereocenters. The molecule has 0 aliphatic carbocycles. The van der Waals surface area contributed by atoms with Gasteiger partial charge in [0.15, 0.2) is 0 Å². The second-order valence-electron chi connectivity index (χ2n) is 5.90. The Morgan fingerprint density at radius 3 is 2.50 bits per heavy atom. The maximum Gasteiger partial charge on any atom is 0.0864 e. The van der Waals surface area contributed by atoms with Crippen LogP contribution in [-0.4, -0.2) is 5.71 Å². The number of fused-ring (bicyclic) bond motifs is 1. The van der Waals surface area contributed by atoms with E-state index < -0.39 is 0 Å². The Morgan fingerprint density at radius 2 is 1.67 bits per heavy atom. The molecule has 0 radical (unpaired) electrons. The van der Waals surface area contributed by atoms with Crippen LogP contribution in [0.25, 0.3) is 0 Å². The van der Waals surface area contributed by atoms with Crippen LogP contribution in [-0.2, 0) is 0 Å². The van der Waals surface area contributed by atoms with Crippen molar-refractivity contribution in [2.75, 3.05) is 5.32 Å². The van der Waals surface area contributed by atoms with Crippen LogP contribution < -0.4 is 5.32 Å². The van der Waals surface area contributed by atoms with E-state index >= 15 is 0 Å². The predicted octanol–water partition coefficient (Wildman–Crippen LogP) is 6.02. The van der Waals surface area contributed by atoms with Crippen LogP contribution in [0.5, 0.6) is 0 Å². The summed E-state index contributed by atoms with van der Waals surface area (Å²) in [5.74, 6) is 0. The van der Waals surface area contributed by atoms with Crippen molar-refractivity contribution in [1.29, 1.82) is 0 Å². The largest absolute Gasteiger partial charge is 0.376 e. The lowest BCUT2D eigenvalue weighted by Gasteiger charge is -2.19. The van der Waals surface area contributed by atoms with Crippen molar-refractivity contribution in [2.24, 2.45) is 4.99 Å². The van der Waals surface area contributed by atoms with E-state index in [1.807, 2.05) is 42.5 Å². The van der Waals surface area contributed by atoms with E-state index in [0.717, 1.165) is 34.1 Å². The van der Waals surface area contributed by atoms with Gasteiger partial charge in [-0.15, -0.1) is 0 Å². The maximum atomic E-state index is 6.20. The summed E-state index contributed by atoms with van der Waals surface area (Å²) in [5, 5.41) is 4.38. The maximum absolute atomic E-state index is 6.20. The van der Waals surface area contributed by atoms with Crippen LogP contribution in [0, 0.1) is 0 Å². The second kappa shape index (κ2) is 6.50. The molecule has 24 heavy (non-hydrogen) atoms. The number of rotatable bonds is 2. The highest BCUT2D eigenvalue weighted by Gasteiger charge is 2.20. The number of hydrogen-bond donors (Lipinski definition) is 1. The Hall–Kier alpha value is -2.58. The predicted molar refractivity (Wildman–Crippen MR) is 102 cm³/mol. The van der Waals surface area contributed by atoms with Gasteiger partial charge < -0.3 is 5.32 Å². The number of halogens is 1. The molecule has 1 N–H and O–H groups in total. The Kier molecular flexibility index (Phi) is 4.06. The molecular formula is C21H17ClN2. The summed E-state index contributed by atoms with van der Waals surface area (Å²) in [6.07, 6.45) is 0.805. The fourth-order valence-corrected chi connectivity index (χ4v) is 3.25. The van der Waals surface area contributed by atoms with Gasteiger partial charge in [-0.2, -0.15) is 0 Å². The third-order valence-electron chi connectivity index (χ3n) is 4.24. The van der Waals surface area contributed by atoms with E-state index in [1.54, 1.807) is 0 Å². The zero-order chi connectivity index (χ0) is 16.4. The molecule has 4 rings (SSSR count). The molecule has 0 saturated carbocycles. The fraction of sp³-hybridized carbons (Fsp3) is 0.0952. The topological polar surface area (TPSA) is 24.4 Å². The van der Waals surface area contributed by atoms with Crippen molar-refractivity contribution in [2.45, 2.75) is 12.5 Å². The molecule has 118 valence electrons. The van der Waals surface area contributed by atoms with E-state index in [9.17, 15) is 0 Å². The van der Waals surface area contributed by atoms with E-state index in [4.69, 9.17) is 16.6 Å². The first kappa shape index (κ1) is 15.0. The van der Waals surface area contributed by atoms with Crippen LogP contribution in [0.15, 0.2) is 83.9 Å². The molecule has 0 saturated heterocycles. The van der Waals surface area contributed by atoms with E-state index in [-0.39, 0.29) is 6.04 Å². The molecule has 3 aromatic rings. The minimum absolute atomic E-state index is 0.131. The third kappa shape index (κ3) is 3.06. The monoisotopic (exact) mass is 332 g/mol. The second-order valence-corrected chi connectivity index (χ2v) is 6.33. The molecule has 1 atom stereocenters. The molecule has 0 aromatic heterocycles. The van der Waals surface area contributed by atoms with Crippen LogP contribution >= 0.6 is 11.6 Å². The lowest BCUT2D eigenvalue weighted by molar-refractivity contribution is 0.828. The SMILES string of the molecule is Clc1cccc(C2CC(c3ccccc3)=Nc3ccccc3N2)c1. The van der Waals surface area contributed by atoms with Gasteiger partial charge in [0.25, 0.3) is 0 Å². The zero-order valence-electron chi connectivity index (χ0n) is 13.1. The molecule has 0 spiro atoms. The molecule has 0 fully saturated rings. The normalized spacial score (nSPS) is 16.5. The highest BCUT2D eigenvalue weighted by Crippen LogP contribution is 2.35. The molecule has 3 heteroatoms. The van der Waals surface area contributed by atoms with Crippen LogP contribution in [0.3, 0.4) is 0 Å². The van der Waals surface area contributed by atoms with E-state index in [2.05, 4.69) is 41.7 Å². The lowest BCUT2D eigenvalue weighted by Crippen LogP contribution is -2.14. The van der Waals surface area contributed by atoms with Gasteiger partial charge in [-0.1, -0.05) is 66.2 Å². The molecule has 1 aliphatic heterocycles. The summed E-state index contributed by atoms with van der Waals surface area (Å²) in [6, 6.07) is 26.7. The summed E-state index contributed by atoms with van der Waals surface area (Å²) >= 11 is 6.20. The molecular weight excluding hydrogens is 316 g/mol. The van der Waals surface area contributed by atoms with Crippen molar-refractivity contribution in [3.63, 3.8) is 0 Å². The lowest BCUT2D eigenvalue weighted by atomic mass is 9.97. The van der Waals surface area contributed by atoms with Crippen LogP contribution in [0.2, 0.25) is 5.02 Å². The van der Waals surface area contributed by atoms with Crippen molar-refractivity contribution < 1.29 is 0 Å². The average Bonchev–Trinajstić information content (AvgIpc) is 2.82. The van der Waals surface area contributed by atoms with Gasteiger partial charge in [-0.05, 0) is 35.4 Å². The van der Waals surface area contributed by atoms with Crippen molar-refractivity contribution >= 4 is 28.7 Å². The first-order valence-electron chi connectivity index (χ1n) is 8.03. The van der Waals surface area contributed by atoms with Gasteiger partial charge in [-0.25, -0.2) is 0 Å². The Labute approximate surface area is 146 Å². The Morgan fingerprint density at radius 1 is 0.875 bits per heavy atom. The quantitative estimate of drug-likeness (QED) is 0.610. The molecule has 2 nitrogen and oxygen atoms in total. The van der Waals surface area contributed by atoms with Crippen molar-refractivity contribution in [3.8, 4) is 0 Å². The summed E-state index contributed by atoms with van der Waals surface area (Å²) < 4.78 is 0. The van der Waals surface area contributed by atoms with E-state index in [1.165, 1.54) is 5.56 Å². The number of para-hydroxylation sites is 2. The fourth-order valence-electron chi connectivity index (χ4n) is 3.05. The van der Waals surface area contributed by atoms with Crippen LogP contribution in [0.1, 0.15) is 23.6 Å². The molecule has 0 amide bonds. The van der Waals surface area contributed by atoms with Gasteiger partial charge in [-0.3, -0.25) is 4.99 Å². The summed E-state index contributed by atoms with van der Waals surface area (Å²) in [7, 11) is 0.